The van der Waals surface area contributed by atoms with Crippen LogP contribution in [0.3, 0.4) is 0 Å². The van der Waals surface area contributed by atoms with Crippen LogP contribution in [0.25, 0.3) is 0 Å². The molecular formula is C20H32ClN3O2. The van der Waals surface area contributed by atoms with Gasteiger partial charge in [0.2, 0.25) is 0 Å². The highest BCUT2D eigenvalue weighted by atomic mass is 35.5. The molecule has 0 unspecified atom stereocenters. The van der Waals surface area contributed by atoms with E-state index in [2.05, 4.69) is 27.8 Å². The van der Waals surface area contributed by atoms with Gasteiger partial charge in [0.25, 0.3) is 0 Å². The molecule has 3 rings (SSSR count). The Balaban J connectivity index is 1.54. The van der Waals surface area contributed by atoms with Crippen LogP contribution in [0, 0.1) is 11.8 Å². The van der Waals surface area contributed by atoms with Crippen molar-refractivity contribution in [3.8, 4) is 0 Å². The van der Waals surface area contributed by atoms with Gasteiger partial charge in [-0.05, 0) is 43.9 Å². The maximum atomic E-state index is 9.80. The van der Waals surface area contributed by atoms with Gasteiger partial charge < -0.3 is 20.0 Å². The Labute approximate surface area is 162 Å². The number of hydrogen-bond acceptors (Lipinski definition) is 5. The Kier molecular flexibility index (Phi) is 7.18. The molecule has 2 aliphatic rings. The third-order valence-electron chi connectivity index (χ3n) is 6.04. The Morgan fingerprint density at radius 1 is 1.12 bits per heavy atom. The van der Waals surface area contributed by atoms with Crippen LogP contribution in [0.1, 0.15) is 12.8 Å². The van der Waals surface area contributed by atoms with Crippen LogP contribution in [0.4, 0.5) is 5.69 Å². The van der Waals surface area contributed by atoms with Crippen LogP contribution in [0.15, 0.2) is 24.3 Å². The van der Waals surface area contributed by atoms with E-state index in [-0.39, 0.29) is 13.2 Å². The lowest BCUT2D eigenvalue weighted by Crippen LogP contribution is -2.44. The molecule has 2 aliphatic heterocycles. The molecule has 0 radical (unpaired) electrons. The van der Waals surface area contributed by atoms with E-state index in [0.717, 1.165) is 56.3 Å². The topological polar surface area (TPSA) is 50.2 Å². The van der Waals surface area contributed by atoms with E-state index < -0.39 is 0 Å². The van der Waals surface area contributed by atoms with Gasteiger partial charge in [-0.2, -0.15) is 0 Å². The van der Waals surface area contributed by atoms with Crippen molar-refractivity contribution < 1.29 is 10.2 Å². The summed E-state index contributed by atoms with van der Waals surface area (Å²) in [5, 5.41) is 19.7. The summed E-state index contributed by atoms with van der Waals surface area (Å²) >= 11 is 6.35. The van der Waals surface area contributed by atoms with E-state index in [0.29, 0.717) is 24.4 Å². The highest BCUT2D eigenvalue weighted by Gasteiger charge is 2.37. The Bertz CT molecular complexity index is 566. The molecule has 2 heterocycles. The van der Waals surface area contributed by atoms with Crippen molar-refractivity contribution in [3.63, 3.8) is 0 Å². The summed E-state index contributed by atoms with van der Waals surface area (Å²) < 4.78 is 0. The number of aliphatic hydroxyl groups is 2. The lowest BCUT2D eigenvalue weighted by atomic mass is 9.96. The van der Waals surface area contributed by atoms with Crippen LogP contribution in [0.2, 0.25) is 5.02 Å². The molecule has 0 aromatic heterocycles. The molecule has 2 saturated heterocycles. The molecule has 146 valence electrons. The van der Waals surface area contributed by atoms with Crippen molar-refractivity contribution in [1.29, 1.82) is 0 Å². The summed E-state index contributed by atoms with van der Waals surface area (Å²) in [5.74, 6) is 0.830. The number of piperidine rings is 1. The van der Waals surface area contributed by atoms with Gasteiger partial charge in [0.1, 0.15) is 0 Å². The smallest absolute Gasteiger partial charge is 0.0639 e. The molecule has 2 N–H and O–H groups in total. The van der Waals surface area contributed by atoms with Crippen LogP contribution in [-0.2, 0) is 0 Å². The second kappa shape index (κ2) is 9.38. The number of benzene rings is 1. The van der Waals surface area contributed by atoms with Gasteiger partial charge in [-0.1, -0.05) is 23.7 Å². The number of para-hydroxylation sites is 1. The fourth-order valence-electron chi connectivity index (χ4n) is 4.53. The van der Waals surface area contributed by atoms with E-state index in [9.17, 15) is 5.11 Å². The summed E-state index contributed by atoms with van der Waals surface area (Å²) in [6, 6.07) is 8.69. The minimum absolute atomic E-state index is 0.192. The second-order valence-corrected chi connectivity index (χ2v) is 8.22. The average Bonchev–Trinajstić information content (AvgIpc) is 3.05. The number of anilines is 1. The van der Waals surface area contributed by atoms with Crippen molar-refractivity contribution in [2.24, 2.45) is 11.8 Å². The predicted molar refractivity (Wildman–Crippen MR) is 107 cm³/mol. The number of halogens is 1. The lowest BCUT2D eigenvalue weighted by molar-refractivity contribution is 0.160. The number of likely N-dealkylation sites (tertiary alicyclic amines) is 1. The van der Waals surface area contributed by atoms with Gasteiger partial charge in [-0.25, -0.2) is 0 Å². The first-order chi connectivity index (χ1) is 12.6. The van der Waals surface area contributed by atoms with Crippen molar-refractivity contribution in [1.82, 2.24) is 9.80 Å². The molecule has 1 aromatic rings. The van der Waals surface area contributed by atoms with E-state index >= 15 is 0 Å². The molecule has 2 fully saturated rings. The average molecular weight is 382 g/mol. The first-order valence-electron chi connectivity index (χ1n) is 9.76. The SMILES string of the molecule is CN(CCO)C[C@@H]1CN(C2CCN(c3ccccc3Cl)CC2)C[C@@H]1CO. The first kappa shape index (κ1) is 19.9. The van der Waals surface area contributed by atoms with Crippen molar-refractivity contribution in [3.05, 3.63) is 29.3 Å². The third-order valence-corrected chi connectivity index (χ3v) is 6.36. The first-order valence-corrected chi connectivity index (χ1v) is 10.1. The van der Waals surface area contributed by atoms with Gasteiger partial charge in [0.05, 0.1) is 17.3 Å². The number of aliphatic hydroxyl groups excluding tert-OH is 2. The largest absolute Gasteiger partial charge is 0.396 e. The third kappa shape index (κ3) is 4.70. The second-order valence-electron chi connectivity index (χ2n) is 7.81. The summed E-state index contributed by atoms with van der Waals surface area (Å²) in [5.41, 5.74) is 1.14. The van der Waals surface area contributed by atoms with Crippen LogP contribution >= 0.6 is 11.6 Å². The van der Waals surface area contributed by atoms with Gasteiger partial charge in [-0.3, -0.25) is 4.90 Å². The predicted octanol–water partition coefficient (Wildman–Crippen LogP) is 1.77. The summed E-state index contributed by atoms with van der Waals surface area (Å²) in [4.78, 5) is 7.16. The highest BCUT2D eigenvalue weighted by molar-refractivity contribution is 6.33. The molecule has 0 aliphatic carbocycles. The normalized spacial score (nSPS) is 25.3. The summed E-state index contributed by atoms with van der Waals surface area (Å²) in [6.07, 6.45) is 2.28. The molecule has 0 spiro atoms. The maximum Gasteiger partial charge on any atom is 0.0639 e. The lowest BCUT2D eigenvalue weighted by Gasteiger charge is -2.38. The number of likely N-dealkylation sites (N-methyl/N-ethyl adjacent to an activating group) is 1. The van der Waals surface area contributed by atoms with Gasteiger partial charge in [0.15, 0.2) is 0 Å². The van der Waals surface area contributed by atoms with Crippen molar-refractivity contribution >= 4 is 17.3 Å². The monoisotopic (exact) mass is 381 g/mol. The zero-order valence-corrected chi connectivity index (χ0v) is 16.5. The number of nitrogens with zero attached hydrogens (tertiary/aromatic N) is 3. The van der Waals surface area contributed by atoms with Crippen LogP contribution in [0.5, 0.6) is 0 Å². The molecule has 0 amide bonds. The minimum Gasteiger partial charge on any atom is -0.396 e. The van der Waals surface area contributed by atoms with Gasteiger partial charge >= 0.3 is 0 Å². The van der Waals surface area contributed by atoms with E-state index in [1.54, 1.807) is 0 Å². The molecular weight excluding hydrogens is 350 g/mol. The van der Waals surface area contributed by atoms with Gasteiger partial charge in [-0.15, -0.1) is 0 Å². The Morgan fingerprint density at radius 3 is 2.46 bits per heavy atom. The fourth-order valence-corrected chi connectivity index (χ4v) is 4.78. The number of hydrogen-bond donors (Lipinski definition) is 2. The van der Waals surface area contributed by atoms with Crippen molar-refractivity contribution in [2.45, 2.75) is 18.9 Å². The molecule has 26 heavy (non-hydrogen) atoms. The van der Waals surface area contributed by atoms with Crippen LogP contribution < -0.4 is 4.90 Å². The summed E-state index contributed by atoms with van der Waals surface area (Å²) in [6.45, 7) is 6.20. The quantitative estimate of drug-likeness (QED) is 0.754. The molecule has 0 bridgehead atoms. The standard InChI is InChI=1S/C20H32ClN3O2/c1-22(10-11-25)12-16-13-24(14-17(16)15-26)18-6-8-23(9-7-18)20-5-3-2-4-19(20)21/h2-5,16-18,25-26H,6-15H2,1H3/t16-,17-/m1/s1. The van der Waals surface area contributed by atoms with E-state index in [4.69, 9.17) is 16.7 Å². The van der Waals surface area contributed by atoms with E-state index in [1.165, 1.54) is 0 Å². The zero-order valence-electron chi connectivity index (χ0n) is 15.7. The Morgan fingerprint density at radius 2 is 1.81 bits per heavy atom. The molecule has 2 atom stereocenters. The number of rotatable bonds is 7. The summed E-state index contributed by atoms with van der Waals surface area (Å²) in [7, 11) is 2.05. The zero-order chi connectivity index (χ0) is 18.5. The molecule has 6 heteroatoms. The molecule has 0 saturated carbocycles. The van der Waals surface area contributed by atoms with E-state index in [1.807, 2.05) is 18.2 Å². The van der Waals surface area contributed by atoms with Gasteiger partial charge in [0, 0.05) is 51.9 Å². The van der Waals surface area contributed by atoms with Crippen molar-refractivity contribution in [2.75, 3.05) is 64.4 Å². The Hall–Kier alpha value is -0.850. The maximum absolute atomic E-state index is 9.80. The fraction of sp³-hybridized carbons (Fsp3) is 0.700. The van der Waals surface area contributed by atoms with Crippen LogP contribution in [-0.4, -0.2) is 85.6 Å². The highest BCUT2D eigenvalue weighted by Crippen LogP contribution is 2.32. The minimum atomic E-state index is 0.192. The molecule has 5 nitrogen and oxygen atoms in total. The molecule has 1 aromatic carbocycles.